The SMILES string of the molecule is On1ccccc1=S.[MgH2]. The normalized spacial score (nSPS) is 8.00. The van der Waals surface area contributed by atoms with Crippen molar-refractivity contribution >= 4 is 35.3 Å². The Morgan fingerprint density at radius 3 is 2.44 bits per heavy atom. The molecule has 0 aliphatic heterocycles. The lowest BCUT2D eigenvalue weighted by atomic mass is 10.5. The van der Waals surface area contributed by atoms with Gasteiger partial charge in [-0.05, 0) is 12.1 Å². The van der Waals surface area contributed by atoms with E-state index in [1.54, 1.807) is 18.2 Å². The molecule has 0 aromatic carbocycles. The fraction of sp³-hybridized carbons (Fsp3) is 0. The molecular weight excluding hydrogens is 146 g/mol. The van der Waals surface area contributed by atoms with Crippen molar-refractivity contribution in [1.82, 2.24) is 4.73 Å². The van der Waals surface area contributed by atoms with Crippen LogP contribution < -0.4 is 0 Å². The molecule has 4 heteroatoms. The molecule has 0 spiro atoms. The molecule has 1 aromatic heterocycles. The van der Waals surface area contributed by atoms with E-state index in [2.05, 4.69) is 12.2 Å². The third kappa shape index (κ3) is 2.34. The van der Waals surface area contributed by atoms with Gasteiger partial charge in [0.1, 0.15) is 4.64 Å². The van der Waals surface area contributed by atoms with Crippen molar-refractivity contribution in [2.45, 2.75) is 0 Å². The van der Waals surface area contributed by atoms with Crippen molar-refractivity contribution in [3.8, 4) is 0 Å². The Labute approximate surface area is 74.2 Å². The molecule has 46 valence electrons. The molecule has 0 aliphatic rings. The Morgan fingerprint density at radius 1 is 1.44 bits per heavy atom. The largest absolute Gasteiger partial charge is 0.428 e. The summed E-state index contributed by atoms with van der Waals surface area (Å²) in [7, 11) is 0. The predicted molar refractivity (Wildman–Crippen MR) is 41.0 cm³/mol. The van der Waals surface area contributed by atoms with Crippen LogP contribution in [0.25, 0.3) is 0 Å². The Morgan fingerprint density at radius 2 is 2.11 bits per heavy atom. The number of rotatable bonds is 0. The third-order valence-electron chi connectivity index (χ3n) is 0.803. The molecule has 1 N–H and O–H groups in total. The lowest BCUT2D eigenvalue weighted by Gasteiger charge is -1.90. The van der Waals surface area contributed by atoms with Gasteiger partial charge >= 0.3 is 23.1 Å². The molecule has 9 heavy (non-hydrogen) atoms. The summed E-state index contributed by atoms with van der Waals surface area (Å²) < 4.78 is 1.32. The molecule has 0 saturated carbocycles. The van der Waals surface area contributed by atoms with Crippen LogP contribution in [0, 0.1) is 4.64 Å². The second-order valence-electron chi connectivity index (χ2n) is 1.38. The van der Waals surface area contributed by atoms with Gasteiger partial charge in [-0.15, -0.1) is 0 Å². The first-order chi connectivity index (χ1) is 3.80. The number of nitrogens with zero attached hydrogens (tertiary/aromatic N) is 1. The van der Waals surface area contributed by atoms with E-state index in [0.717, 1.165) is 4.73 Å². The van der Waals surface area contributed by atoms with Crippen LogP contribution in [0.2, 0.25) is 0 Å². The van der Waals surface area contributed by atoms with Gasteiger partial charge in [-0.2, -0.15) is 4.73 Å². The Hall–Kier alpha value is -0.0638. The first kappa shape index (κ1) is 8.94. The second kappa shape index (κ2) is 3.87. The number of aromatic nitrogens is 1. The first-order valence-electron chi connectivity index (χ1n) is 2.17. The summed E-state index contributed by atoms with van der Waals surface area (Å²) in [4.78, 5) is 0. The van der Waals surface area contributed by atoms with Crippen LogP contribution in [0.4, 0.5) is 0 Å². The summed E-state index contributed by atoms with van der Waals surface area (Å²) in [5.74, 6) is 0. The summed E-state index contributed by atoms with van der Waals surface area (Å²) in [5.41, 5.74) is 0. The lowest BCUT2D eigenvalue weighted by Crippen LogP contribution is -1.89. The summed E-state index contributed by atoms with van der Waals surface area (Å²) in [5, 5.41) is 8.73. The second-order valence-corrected chi connectivity index (χ2v) is 1.80. The monoisotopic (exact) mass is 153 g/mol. The highest BCUT2D eigenvalue weighted by Gasteiger charge is 1.77. The maximum absolute atomic E-state index is 8.73. The van der Waals surface area contributed by atoms with Gasteiger partial charge in [-0.1, -0.05) is 18.3 Å². The van der Waals surface area contributed by atoms with Gasteiger partial charge in [0.05, 0.1) is 0 Å². The molecule has 1 rings (SSSR count). The molecule has 1 aromatic rings. The fourth-order valence-corrected chi connectivity index (χ4v) is 0.558. The summed E-state index contributed by atoms with van der Waals surface area (Å²) >= 11 is 4.67. The molecule has 0 amide bonds. The van der Waals surface area contributed by atoms with E-state index in [1.165, 1.54) is 6.20 Å². The van der Waals surface area contributed by atoms with E-state index < -0.39 is 0 Å². The van der Waals surface area contributed by atoms with Crippen molar-refractivity contribution in [3.05, 3.63) is 29.0 Å². The molecule has 0 bridgehead atoms. The predicted octanol–water partition coefficient (Wildman–Crippen LogP) is 0.539. The minimum Gasteiger partial charge on any atom is -0.428 e. The van der Waals surface area contributed by atoms with Crippen molar-refractivity contribution in [2.24, 2.45) is 0 Å². The third-order valence-corrected chi connectivity index (χ3v) is 1.13. The molecule has 0 fully saturated rings. The van der Waals surface area contributed by atoms with E-state index in [4.69, 9.17) is 5.21 Å². The highest BCUT2D eigenvalue weighted by molar-refractivity contribution is 7.71. The standard InChI is InChI=1S/C5H5NOS.Mg.2H/c7-6-4-2-1-3-5(6)8;;;/h1-4,7H;;;. The zero-order valence-electron chi connectivity index (χ0n) is 4.11. The van der Waals surface area contributed by atoms with Crippen LogP contribution in [0.3, 0.4) is 0 Å². The maximum atomic E-state index is 8.73. The van der Waals surface area contributed by atoms with Gasteiger partial charge in [0, 0.05) is 6.20 Å². The van der Waals surface area contributed by atoms with Crippen LogP contribution in [0.1, 0.15) is 0 Å². The fourth-order valence-electron chi connectivity index (χ4n) is 0.419. The van der Waals surface area contributed by atoms with E-state index >= 15 is 0 Å². The van der Waals surface area contributed by atoms with Crippen molar-refractivity contribution < 1.29 is 5.21 Å². The summed E-state index contributed by atoms with van der Waals surface area (Å²) in [6.07, 6.45) is 1.49. The maximum Gasteiger partial charge on any atom is 0.316 e. The lowest BCUT2D eigenvalue weighted by molar-refractivity contribution is 0.180. The van der Waals surface area contributed by atoms with Gasteiger partial charge in [-0.25, -0.2) is 0 Å². The highest BCUT2D eigenvalue weighted by Crippen LogP contribution is 1.86. The van der Waals surface area contributed by atoms with E-state index in [1.807, 2.05) is 0 Å². The van der Waals surface area contributed by atoms with E-state index in [9.17, 15) is 0 Å². The molecule has 0 radical (unpaired) electrons. The van der Waals surface area contributed by atoms with E-state index in [0.29, 0.717) is 4.64 Å². The van der Waals surface area contributed by atoms with Crippen LogP contribution in [-0.4, -0.2) is 33.0 Å². The molecule has 2 nitrogen and oxygen atoms in total. The van der Waals surface area contributed by atoms with Crippen molar-refractivity contribution in [3.63, 3.8) is 0 Å². The van der Waals surface area contributed by atoms with Gasteiger partial charge in [0.25, 0.3) is 0 Å². The highest BCUT2D eigenvalue weighted by atomic mass is 32.1. The zero-order chi connectivity index (χ0) is 5.98. The van der Waals surface area contributed by atoms with Crippen LogP contribution >= 0.6 is 12.2 Å². The Kier molecular flexibility index (Phi) is 3.84. The minimum atomic E-state index is 0. The van der Waals surface area contributed by atoms with Gasteiger partial charge in [0.15, 0.2) is 0 Å². The van der Waals surface area contributed by atoms with Gasteiger partial charge in [0.2, 0.25) is 0 Å². The Balaban J connectivity index is 0.000000640. The average Bonchev–Trinajstić information content (AvgIpc) is 1.77. The smallest absolute Gasteiger partial charge is 0.316 e. The quantitative estimate of drug-likeness (QED) is 0.334. The van der Waals surface area contributed by atoms with Crippen LogP contribution in [0.5, 0.6) is 0 Å². The minimum absolute atomic E-state index is 0. The van der Waals surface area contributed by atoms with Crippen molar-refractivity contribution in [2.75, 3.05) is 0 Å². The number of hydrogen-bond acceptors (Lipinski definition) is 2. The van der Waals surface area contributed by atoms with Gasteiger partial charge < -0.3 is 5.21 Å². The molecule has 0 saturated heterocycles. The zero-order valence-corrected chi connectivity index (χ0v) is 4.93. The average molecular weight is 153 g/mol. The van der Waals surface area contributed by atoms with Crippen molar-refractivity contribution in [1.29, 1.82) is 0 Å². The molecule has 1 heterocycles. The van der Waals surface area contributed by atoms with Crippen LogP contribution in [-0.2, 0) is 0 Å². The summed E-state index contributed by atoms with van der Waals surface area (Å²) in [6, 6.07) is 5.13. The van der Waals surface area contributed by atoms with Crippen LogP contribution in [0.15, 0.2) is 24.4 Å². The Bertz CT molecular complexity index is 234. The molecule has 0 aliphatic carbocycles. The number of pyridine rings is 1. The number of hydrogen-bond donors (Lipinski definition) is 1. The molecule has 0 atom stereocenters. The van der Waals surface area contributed by atoms with Gasteiger partial charge in [-0.3, -0.25) is 0 Å². The topological polar surface area (TPSA) is 25.2 Å². The molecule has 0 unspecified atom stereocenters. The van der Waals surface area contributed by atoms with E-state index in [-0.39, 0.29) is 23.1 Å². The molecular formula is C5H7MgNOS. The summed E-state index contributed by atoms with van der Waals surface area (Å²) in [6.45, 7) is 0. The first-order valence-corrected chi connectivity index (χ1v) is 2.58.